The molecule has 0 aromatic heterocycles. The molecule has 27 heavy (non-hydrogen) atoms. The summed E-state index contributed by atoms with van der Waals surface area (Å²) in [6.07, 6.45) is 4.95. The number of hydrogen-bond acceptors (Lipinski definition) is 4. The van der Waals surface area contributed by atoms with E-state index in [1.54, 1.807) is 18.9 Å². The molecule has 2 aromatic carbocycles. The normalized spacial score (nSPS) is 21.4. The van der Waals surface area contributed by atoms with Crippen molar-refractivity contribution < 1.29 is 4.74 Å². The average molecular weight is 466 g/mol. The third kappa shape index (κ3) is 4.15. The fraction of sp³-hybridized carbons (Fsp3) is 0.381. The minimum atomic E-state index is 0.413. The summed E-state index contributed by atoms with van der Waals surface area (Å²) in [7, 11) is 1.71. The van der Waals surface area contributed by atoms with E-state index in [1.807, 2.05) is 24.3 Å². The summed E-state index contributed by atoms with van der Waals surface area (Å²) in [5, 5.41) is 4.42. The number of hydrogen-bond donors (Lipinski definition) is 1. The van der Waals surface area contributed by atoms with Gasteiger partial charge in [0.2, 0.25) is 0 Å². The summed E-state index contributed by atoms with van der Waals surface area (Å²) in [6.45, 7) is 0. The molecule has 0 radical (unpaired) electrons. The van der Waals surface area contributed by atoms with Gasteiger partial charge in [0.15, 0.2) is 0 Å². The van der Waals surface area contributed by atoms with E-state index < -0.39 is 0 Å². The highest BCUT2D eigenvalue weighted by atomic mass is 79.9. The van der Waals surface area contributed by atoms with E-state index in [2.05, 4.69) is 33.4 Å². The number of benzene rings is 2. The van der Waals surface area contributed by atoms with Crippen LogP contribution in [0.4, 0.5) is 0 Å². The smallest absolute Gasteiger partial charge is 0.130 e. The summed E-state index contributed by atoms with van der Waals surface area (Å²) in [6, 6.07) is 13.1. The molecule has 3 nitrogen and oxygen atoms in total. The molecule has 2 aliphatic rings. The van der Waals surface area contributed by atoms with E-state index in [9.17, 15) is 0 Å². The summed E-state index contributed by atoms with van der Waals surface area (Å²) in [4.78, 5) is 6.06. The third-order valence-electron chi connectivity index (χ3n) is 5.18. The Balaban J connectivity index is 1.60. The van der Waals surface area contributed by atoms with Crippen LogP contribution >= 0.6 is 39.3 Å². The maximum Gasteiger partial charge on any atom is 0.130 e. The highest BCUT2D eigenvalue weighted by Gasteiger charge is 2.32. The van der Waals surface area contributed by atoms with Gasteiger partial charge in [-0.05, 0) is 37.1 Å². The van der Waals surface area contributed by atoms with Crippen LogP contribution in [0.5, 0.6) is 5.75 Å². The number of rotatable bonds is 5. The van der Waals surface area contributed by atoms with Gasteiger partial charge in [-0.3, -0.25) is 4.99 Å². The van der Waals surface area contributed by atoms with Gasteiger partial charge in [0.05, 0.1) is 18.2 Å². The van der Waals surface area contributed by atoms with Crippen LogP contribution in [0.2, 0.25) is 5.02 Å². The lowest BCUT2D eigenvalue weighted by atomic mass is 9.92. The standard InChI is InChI=1S/C21H22BrClN2OS/c1-26-19-10-9-14(22)11-13(19)12-27-20-15(5-4-6-16(20)23)21-24-17-7-2-3-8-18(17)25-21/h4-6,9-11,17-18H,2-3,7-8,12H2,1H3,(H,24,25)/t17-,18-/m0/s1. The van der Waals surface area contributed by atoms with Crippen molar-refractivity contribution in [2.24, 2.45) is 4.99 Å². The Kier molecular flexibility index (Phi) is 6.00. The van der Waals surface area contributed by atoms with Crippen LogP contribution in [-0.4, -0.2) is 25.0 Å². The fourth-order valence-electron chi connectivity index (χ4n) is 3.81. The topological polar surface area (TPSA) is 33.6 Å². The summed E-state index contributed by atoms with van der Waals surface area (Å²) < 4.78 is 6.56. The number of ether oxygens (including phenoxy) is 1. The molecule has 142 valence electrons. The highest BCUT2D eigenvalue weighted by molar-refractivity contribution is 9.10. The number of nitrogens with zero attached hydrogens (tertiary/aromatic N) is 1. The van der Waals surface area contributed by atoms with Gasteiger partial charge in [-0.25, -0.2) is 0 Å². The molecule has 0 saturated heterocycles. The second kappa shape index (κ2) is 8.46. The highest BCUT2D eigenvalue weighted by Crippen LogP contribution is 2.37. The molecule has 0 amide bonds. The molecule has 0 bridgehead atoms. The first kappa shape index (κ1) is 19.2. The van der Waals surface area contributed by atoms with Gasteiger partial charge in [-0.15, -0.1) is 11.8 Å². The van der Waals surface area contributed by atoms with Crippen molar-refractivity contribution in [1.82, 2.24) is 5.32 Å². The second-order valence-corrected chi connectivity index (χ2v) is 9.25. The molecule has 4 rings (SSSR count). The zero-order valence-corrected chi connectivity index (χ0v) is 18.3. The van der Waals surface area contributed by atoms with Crippen LogP contribution in [0.3, 0.4) is 0 Å². The maximum atomic E-state index is 6.59. The van der Waals surface area contributed by atoms with Gasteiger partial charge in [0.1, 0.15) is 11.6 Å². The van der Waals surface area contributed by atoms with Gasteiger partial charge >= 0.3 is 0 Å². The van der Waals surface area contributed by atoms with Gasteiger partial charge in [-0.1, -0.05) is 52.5 Å². The molecule has 6 heteroatoms. The van der Waals surface area contributed by atoms with Crippen LogP contribution in [-0.2, 0) is 5.75 Å². The average Bonchev–Trinajstić information content (AvgIpc) is 3.11. The van der Waals surface area contributed by atoms with Crippen molar-refractivity contribution in [3.05, 3.63) is 57.0 Å². The van der Waals surface area contributed by atoms with Crippen LogP contribution in [0.1, 0.15) is 36.8 Å². The Labute approximate surface area is 178 Å². The lowest BCUT2D eigenvalue weighted by molar-refractivity contribution is 0.385. The minimum Gasteiger partial charge on any atom is -0.496 e. The van der Waals surface area contributed by atoms with Gasteiger partial charge in [0, 0.05) is 32.3 Å². The van der Waals surface area contributed by atoms with Crippen LogP contribution in [0.15, 0.2) is 50.8 Å². The van der Waals surface area contributed by atoms with Crippen molar-refractivity contribution in [2.45, 2.75) is 48.4 Å². The van der Waals surface area contributed by atoms with Crippen LogP contribution in [0, 0.1) is 0 Å². The quantitative estimate of drug-likeness (QED) is 0.545. The van der Waals surface area contributed by atoms with Crippen LogP contribution < -0.4 is 10.1 Å². The maximum absolute atomic E-state index is 6.59. The van der Waals surface area contributed by atoms with Crippen LogP contribution in [0.25, 0.3) is 0 Å². The molecule has 2 aromatic rings. The van der Waals surface area contributed by atoms with Gasteiger partial charge < -0.3 is 10.1 Å². The zero-order chi connectivity index (χ0) is 18.8. The zero-order valence-electron chi connectivity index (χ0n) is 15.2. The molecule has 1 aliphatic carbocycles. The van der Waals surface area contributed by atoms with E-state index in [1.165, 1.54) is 25.7 Å². The third-order valence-corrected chi connectivity index (χ3v) is 7.29. The fourth-order valence-corrected chi connectivity index (χ4v) is 5.61. The molecule has 1 fully saturated rings. The Morgan fingerprint density at radius 3 is 2.93 bits per heavy atom. The molecule has 0 spiro atoms. The first-order valence-corrected chi connectivity index (χ1v) is 11.4. The predicted molar refractivity (Wildman–Crippen MR) is 117 cm³/mol. The van der Waals surface area contributed by atoms with E-state index >= 15 is 0 Å². The number of methoxy groups -OCH3 is 1. The lowest BCUT2D eigenvalue weighted by Crippen LogP contribution is -2.37. The number of aliphatic imine (C=N–C) groups is 1. The Bertz CT molecular complexity index is 873. The number of amidine groups is 1. The van der Waals surface area contributed by atoms with Crippen molar-refractivity contribution in [3.8, 4) is 5.75 Å². The molecular formula is C21H22BrClN2OS. The molecule has 1 aliphatic heterocycles. The van der Waals surface area contributed by atoms with E-state index in [0.29, 0.717) is 12.1 Å². The van der Waals surface area contributed by atoms with Crippen molar-refractivity contribution in [3.63, 3.8) is 0 Å². The second-order valence-electron chi connectivity index (χ2n) is 6.94. The summed E-state index contributed by atoms with van der Waals surface area (Å²) in [5.74, 6) is 2.67. The number of halogens is 2. The summed E-state index contributed by atoms with van der Waals surface area (Å²) >= 11 is 11.9. The predicted octanol–water partition coefficient (Wildman–Crippen LogP) is 6.06. The largest absolute Gasteiger partial charge is 0.496 e. The minimum absolute atomic E-state index is 0.413. The van der Waals surface area contributed by atoms with E-state index in [-0.39, 0.29) is 0 Å². The molecule has 0 unspecified atom stereocenters. The van der Waals surface area contributed by atoms with E-state index in [0.717, 1.165) is 42.9 Å². The van der Waals surface area contributed by atoms with Gasteiger partial charge in [0.25, 0.3) is 0 Å². The first-order chi connectivity index (χ1) is 13.2. The number of fused-ring (bicyclic) bond motifs is 1. The molecule has 1 saturated carbocycles. The SMILES string of the molecule is COc1ccc(Br)cc1CSc1c(Cl)cccc1C1=N[C@H]2CCCC[C@@H]2N1. The molecular weight excluding hydrogens is 444 g/mol. The Morgan fingerprint density at radius 2 is 2.11 bits per heavy atom. The van der Waals surface area contributed by atoms with E-state index in [4.69, 9.17) is 21.3 Å². The van der Waals surface area contributed by atoms with Crippen molar-refractivity contribution in [1.29, 1.82) is 0 Å². The van der Waals surface area contributed by atoms with Gasteiger partial charge in [-0.2, -0.15) is 0 Å². The molecule has 1 heterocycles. The molecule has 1 N–H and O–H groups in total. The summed E-state index contributed by atoms with van der Waals surface area (Å²) in [5.41, 5.74) is 2.24. The number of nitrogens with one attached hydrogen (secondary N) is 1. The van der Waals surface area contributed by atoms with Crippen molar-refractivity contribution >= 4 is 45.1 Å². The number of thioether (sulfide) groups is 1. The molecule has 2 atom stereocenters. The Morgan fingerprint density at radius 1 is 1.26 bits per heavy atom. The Hall–Kier alpha value is -1.17. The monoisotopic (exact) mass is 464 g/mol. The first-order valence-electron chi connectivity index (χ1n) is 9.24. The lowest BCUT2D eigenvalue weighted by Gasteiger charge is -2.23. The van der Waals surface area contributed by atoms with Crippen molar-refractivity contribution in [2.75, 3.05) is 7.11 Å².